The van der Waals surface area contributed by atoms with E-state index in [0.717, 1.165) is 15.5 Å². The average molecular weight is 366 g/mol. The van der Waals surface area contributed by atoms with Crippen LogP contribution in [0.25, 0.3) is 0 Å². The summed E-state index contributed by atoms with van der Waals surface area (Å²) < 4.78 is 4.80. The lowest BCUT2D eigenvalue weighted by Gasteiger charge is -2.18. The highest BCUT2D eigenvalue weighted by molar-refractivity contribution is 7.99. The van der Waals surface area contributed by atoms with Gasteiger partial charge < -0.3 is 15.0 Å². The summed E-state index contributed by atoms with van der Waals surface area (Å²) >= 11 is 2.86. The number of aromatic nitrogens is 3. The van der Waals surface area contributed by atoms with Crippen LogP contribution in [0, 0.1) is 0 Å². The summed E-state index contributed by atoms with van der Waals surface area (Å²) in [6.07, 6.45) is 10.4. The third kappa shape index (κ3) is 4.30. The molecule has 0 unspecified atom stereocenters. The van der Waals surface area contributed by atoms with Gasteiger partial charge in [-0.2, -0.15) is 0 Å². The van der Waals surface area contributed by atoms with Crippen molar-refractivity contribution < 1.29 is 14.3 Å². The molecule has 0 saturated carbocycles. The summed E-state index contributed by atoms with van der Waals surface area (Å²) in [5.41, 5.74) is 1.25. The molecule has 0 aliphatic rings. The third-order valence-electron chi connectivity index (χ3n) is 3.31. The van der Waals surface area contributed by atoms with Crippen molar-refractivity contribution in [3.63, 3.8) is 0 Å². The lowest BCUT2D eigenvalue weighted by atomic mass is 10.1. The fraction of sp³-hybridized carbons (Fsp3) is 0.333. The van der Waals surface area contributed by atoms with Gasteiger partial charge in [-0.1, -0.05) is 0 Å². The van der Waals surface area contributed by atoms with Crippen LogP contribution < -0.4 is 5.32 Å². The first kappa shape index (κ1) is 18.3. The van der Waals surface area contributed by atoms with E-state index in [1.54, 1.807) is 18.6 Å². The van der Waals surface area contributed by atoms with Crippen molar-refractivity contribution in [2.24, 2.45) is 0 Å². The van der Waals surface area contributed by atoms with Crippen LogP contribution >= 0.6 is 23.5 Å². The molecule has 7 nitrogen and oxygen atoms in total. The molecule has 1 atom stereocenters. The number of rotatable bonds is 7. The zero-order valence-electron chi connectivity index (χ0n) is 13.5. The molecule has 2 aromatic heterocycles. The van der Waals surface area contributed by atoms with E-state index in [1.165, 1.54) is 37.0 Å². The van der Waals surface area contributed by atoms with E-state index in [1.807, 2.05) is 12.5 Å². The topological polar surface area (TPSA) is 97.0 Å². The van der Waals surface area contributed by atoms with Crippen LogP contribution in [0.1, 0.15) is 16.1 Å². The van der Waals surface area contributed by atoms with Gasteiger partial charge in [-0.3, -0.25) is 9.78 Å². The second-order valence-electron chi connectivity index (χ2n) is 4.75. The Labute approximate surface area is 148 Å². The number of H-pyrrole nitrogens is 1. The van der Waals surface area contributed by atoms with E-state index >= 15 is 0 Å². The summed E-state index contributed by atoms with van der Waals surface area (Å²) in [5, 5.41) is 2.76. The maximum atomic E-state index is 12.8. The molecule has 0 aliphatic heterocycles. The molecule has 0 bridgehead atoms. The molecule has 9 heteroatoms. The van der Waals surface area contributed by atoms with E-state index in [-0.39, 0.29) is 12.3 Å². The molecule has 0 aromatic carbocycles. The predicted octanol–water partition coefficient (Wildman–Crippen LogP) is 1.76. The molecule has 0 radical (unpaired) electrons. The second-order valence-corrected chi connectivity index (χ2v) is 6.45. The number of ether oxygens (including phenoxy) is 1. The number of carbonyl (C=O) groups excluding carboxylic acids is 2. The third-order valence-corrected chi connectivity index (χ3v) is 4.81. The Bertz CT molecular complexity index is 684. The van der Waals surface area contributed by atoms with Crippen LogP contribution in [0.4, 0.5) is 0 Å². The molecule has 2 aromatic rings. The molecule has 2 heterocycles. The average Bonchev–Trinajstić information content (AvgIpc) is 3.12. The minimum absolute atomic E-state index is 0.271. The van der Waals surface area contributed by atoms with Gasteiger partial charge in [0.25, 0.3) is 5.91 Å². The molecule has 0 saturated heterocycles. The number of nitrogens with zero attached hydrogens (tertiary/aromatic N) is 2. The molecule has 1 amide bonds. The molecule has 2 N–H and O–H groups in total. The van der Waals surface area contributed by atoms with Gasteiger partial charge in [-0.05, 0) is 12.5 Å². The summed E-state index contributed by atoms with van der Waals surface area (Å²) in [4.78, 5) is 37.3. The van der Waals surface area contributed by atoms with Crippen LogP contribution in [0.15, 0.2) is 34.7 Å². The van der Waals surface area contributed by atoms with Gasteiger partial charge in [0.2, 0.25) is 0 Å². The van der Waals surface area contributed by atoms with E-state index in [0.29, 0.717) is 5.56 Å². The first-order valence-corrected chi connectivity index (χ1v) is 9.47. The van der Waals surface area contributed by atoms with Crippen LogP contribution in [0.3, 0.4) is 0 Å². The van der Waals surface area contributed by atoms with Crippen molar-refractivity contribution in [3.8, 4) is 0 Å². The Balaban J connectivity index is 2.26. The van der Waals surface area contributed by atoms with Gasteiger partial charge in [0.1, 0.15) is 6.04 Å². The van der Waals surface area contributed by atoms with E-state index < -0.39 is 12.0 Å². The Morgan fingerprint density at radius 2 is 1.88 bits per heavy atom. The van der Waals surface area contributed by atoms with Crippen molar-refractivity contribution in [1.29, 1.82) is 0 Å². The number of imidazole rings is 1. The maximum absolute atomic E-state index is 12.8. The maximum Gasteiger partial charge on any atom is 0.328 e. The van der Waals surface area contributed by atoms with Crippen molar-refractivity contribution in [2.75, 3.05) is 19.6 Å². The minimum Gasteiger partial charge on any atom is -0.467 e. The quantitative estimate of drug-likeness (QED) is 0.569. The van der Waals surface area contributed by atoms with E-state index in [2.05, 4.69) is 20.3 Å². The Hall–Kier alpha value is -2.00. The molecular formula is C15H18N4O3S2. The Morgan fingerprint density at radius 1 is 1.21 bits per heavy atom. The molecule has 0 aliphatic carbocycles. The molecule has 0 spiro atoms. The standard InChI is InChI=1S/C15H18N4O3S2/c1-22-15(21)10(4-9-5-17-8-18-9)19-14(20)13-11(23-2)6-16-7-12(13)24-3/h5-8,10H,4H2,1-3H3,(H,17,18)(H,19,20)/t10-/m1/s1. The molecule has 128 valence electrons. The van der Waals surface area contributed by atoms with Crippen LogP contribution in [-0.4, -0.2) is 52.5 Å². The number of carbonyl (C=O) groups is 2. The Kier molecular flexibility index (Phi) is 6.68. The van der Waals surface area contributed by atoms with E-state index in [9.17, 15) is 9.59 Å². The van der Waals surface area contributed by atoms with Gasteiger partial charge >= 0.3 is 5.97 Å². The van der Waals surface area contributed by atoms with Crippen LogP contribution in [0.2, 0.25) is 0 Å². The number of hydrogen-bond donors (Lipinski definition) is 2. The van der Waals surface area contributed by atoms with Crippen molar-refractivity contribution >= 4 is 35.4 Å². The minimum atomic E-state index is -0.805. The van der Waals surface area contributed by atoms with Gasteiger partial charge in [0.15, 0.2) is 0 Å². The summed E-state index contributed by atoms with van der Waals surface area (Å²) in [6, 6.07) is -0.805. The summed E-state index contributed by atoms with van der Waals surface area (Å²) in [7, 11) is 1.29. The van der Waals surface area contributed by atoms with Crippen molar-refractivity contribution in [2.45, 2.75) is 22.3 Å². The first-order chi connectivity index (χ1) is 11.6. The lowest BCUT2D eigenvalue weighted by molar-refractivity contribution is -0.142. The number of thioether (sulfide) groups is 2. The smallest absolute Gasteiger partial charge is 0.328 e. The number of nitrogens with one attached hydrogen (secondary N) is 2. The summed E-state index contributed by atoms with van der Waals surface area (Å²) in [6.45, 7) is 0. The monoisotopic (exact) mass is 366 g/mol. The van der Waals surface area contributed by atoms with Gasteiger partial charge in [0, 0.05) is 40.5 Å². The second kappa shape index (κ2) is 8.74. The van der Waals surface area contributed by atoms with Crippen molar-refractivity contribution in [3.05, 3.63) is 36.2 Å². The number of esters is 1. The van der Waals surface area contributed by atoms with Crippen molar-refractivity contribution in [1.82, 2.24) is 20.3 Å². The van der Waals surface area contributed by atoms with Gasteiger partial charge in [-0.25, -0.2) is 9.78 Å². The fourth-order valence-corrected chi connectivity index (χ4v) is 3.35. The molecule has 24 heavy (non-hydrogen) atoms. The molecule has 0 fully saturated rings. The highest BCUT2D eigenvalue weighted by atomic mass is 32.2. The fourth-order valence-electron chi connectivity index (χ4n) is 2.14. The first-order valence-electron chi connectivity index (χ1n) is 7.02. The predicted molar refractivity (Wildman–Crippen MR) is 93.4 cm³/mol. The van der Waals surface area contributed by atoms with Crippen LogP contribution in [0.5, 0.6) is 0 Å². The van der Waals surface area contributed by atoms with Gasteiger partial charge in [-0.15, -0.1) is 23.5 Å². The van der Waals surface area contributed by atoms with Gasteiger partial charge in [0.05, 0.1) is 19.0 Å². The highest BCUT2D eigenvalue weighted by Crippen LogP contribution is 2.28. The largest absolute Gasteiger partial charge is 0.467 e. The summed E-state index contributed by atoms with van der Waals surface area (Å²) in [5.74, 6) is -0.843. The highest BCUT2D eigenvalue weighted by Gasteiger charge is 2.25. The zero-order chi connectivity index (χ0) is 17.5. The number of aromatic amines is 1. The normalized spacial score (nSPS) is 11.8. The number of amides is 1. The van der Waals surface area contributed by atoms with Crippen LogP contribution in [-0.2, 0) is 16.0 Å². The molecular weight excluding hydrogens is 348 g/mol. The number of pyridine rings is 1. The van der Waals surface area contributed by atoms with E-state index in [4.69, 9.17) is 4.74 Å². The lowest BCUT2D eigenvalue weighted by Crippen LogP contribution is -2.43. The SMILES string of the molecule is COC(=O)[C@@H](Cc1cnc[nH]1)NC(=O)c1c(SC)cncc1SC. The number of hydrogen-bond acceptors (Lipinski definition) is 7. The Morgan fingerprint density at radius 3 is 2.38 bits per heavy atom. The zero-order valence-corrected chi connectivity index (χ0v) is 15.2. The number of methoxy groups -OCH3 is 1. The molecule has 2 rings (SSSR count).